The Balaban J connectivity index is 2.48. The Kier molecular flexibility index (Phi) is 5.32. The van der Waals surface area contributed by atoms with Gasteiger partial charge in [-0.25, -0.2) is 0 Å². The first-order valence-electron chi connectivity index (χ1n) is 5.86. The molecule has 0 radical (unpaired) electrons. The molecule has 0 unspecified atom stereocenters. The van der Waals surface area contributed by atoms with Crippen molar-refractivity contribution < 1.29 is 17.9 Å². The zero-order valence-electron chi connectivity index (χ0n) is 9.89. The average Bonchev–Trinajstić information content (AvgIpc) is 2.23. The summed E-state index contributed by atoms with van der Waals surface area (Å²) in [5, 5.41) is 0. The van der Waals surface area contributed by atoms with Crippen LogP contribution < -0.4 is 4.74 Å². The van der Waals surface area contributed by atoms with Gasteiger partial charge in [0.05, 0.1) is 0 Å². The standard InChI is InChI=1S/C13H17F3O/c1-2-3-4-5-7-11-8-6-9-12(10-11)17-13(14,15)16/h6,8-10H,2-5,7H2,1H3. The van der Waals surface area contributed by atoms with Gasteiger partial charge in [-0.3, -0.25) is 0 Å². The van der Waals surface area contributed by atoms with E-state index in [1.165, 1.54) is 18.6 Å². The number of unbranched alkanes of at least 4 members (excludes halogenated alkanes) is 3. The van der Waals surface area contributed by atoms with E-state index in [-0.39, 0.29) is 5.75 Å². The SMILES string of the molecule is CCCCCCc1cccc(OC(F)(F)F)c1. The number of rotatable bonds is 6. The van der Waals surface area contributed by atoms with E-state index in [0.29, 0.717) is 0 Å². The molecule has 0 aromatic heterocycles. The normalized spacial score (nSPS) is 11.5. The van der Waals surface area contributed by atoms with Crippen molar-refractivity contribution in [1.82, 2.24) is 0 Å². The summed E-state index contributed by atoms with van der Waals surface area (Å²) in [6.07, 6.45) is 0.621. The Hall–Kier alpha value is -1.19. The van der Waals surface area contributed by atoms with Crippen LogP contribution in [-0.4, -0.2) is 6.36 Å². The summed E-state index contributed by atoms with van der Waals surface area (Å²) < 4.78 is 39.9. The first kappa shape index (κ1) is 13.9. The molecule has 0 saturated heterocycles. The van der Waals surface area contributed by atoms with Crippen molar-refractivity contribution in [3.8, 4) is 5.75 Å². The highest BCUT2D eigenvalue weighted by Crippen LogP contribution is 2.23. The van der Waals surface area contributed by atoms with Crippen molar-refractivity contribution in [2.75, 3.05) is 0 Å². The summed E-state index contributed by atoms with van der Waals surface area (Å²) in [5.74, 6) is -0.134. The number of alkyl halides is 3. The highest BCUT2D eigenvalue weighted by atomic mass is 19.4. The van der Waals surface area contributed by atoms with Gasteiger partial charge in [0.25, 0.3) is 0 Å². The Morgan fingerprint density at radius 3 is 2.53 bits per heavy atom. The molecule has 0 N–H and O–H groups in total. The van der Waals surface area contributed by atoms with E-state index in [4.69, 9.17) is 0 Å². The van der Waals surface area contributed by atoms with E-state index in [1.807, 2.05) is 6.07 Å². The Morgan fingerprint density at radius 1 is 1.12 bits per heavy atom. The van der Waals surface area contributed by atoms with E-state index >= 15 is 0 Å². The maximum atomic E-state index is 12.0. The van der Waals surface area contributed by atoms with E-state index in [1.54, 1.807) is 6.07 Å². The third kappa shape index (κ3) is 6.19. The molecular weight excluding hydrogens is 229 g/mol. The first-order valence-corrected chi connectivity index (χ1v) is 5.86. The summed E-state index contributed by atoms with van der Waals surface area (Å²) in [7, 11) is 0. The summed E-state index contributed by atoms with van der Waals surface area (Å²) in [6.45, 7) is 2.12. The molecule has 0 spiro atoms. The second-order valence-electron chi connectivity index (χ2n) is 4.01. The molecule has 0 heterocycles. The number of halogens is 3. The van der Waals surface area contributed by atoms with Gasteiger partial charge in [0.1, 0.15) is 5.75 Å². The molecule has 0 aliphatic heterocycles. The van der Waals surface area contributed by atoms with Crippen molar-refractivity contribution in [3.63, 3.8) is 0 Å². The van der Waals surface area contributed by atoms with Crippen LogP contribution in [0, 0.1) is 0 Å². The number of aryl methyl sites for hydroxylation is 1. The maximum absolute atomic E-state index is 12.0. The molecule has 1 aromatic carbocycles. The molecule has 1 nitrogen and oxygen atoms in total. The quantitative estimate of drug-likeness (QED) is 0.660. The van der Waals surface area contributed by atoms with Gasteiger partial charge in [0.15, 0.2) is 0 Å². The van der Waals surface area contributed by atoms with Crippen molar-refractivity contribution in [3.05, 3.63) is 29.8 Å². The molecule has 0 amide bonds. The van der Waals surface area contributed by atoms with Crippen LogP contribution in [0.3, 0.4) is 0 Å². The van der Waals surface area contributed by atoms with Gasteiger partial charge >= 0.3 is 6.36 Å². The Morgan fingerprint density at radius 2 is 1.88 bits per heavy atom. The smallest absolute Gasteiger partial charge is 0.406 e. The lowest BCUT2D eigenvalue weighted by Crippen LogP contribution is -2.17. The largest absolute Gasteiger partial charge is 0.573 e. The van der Waals surface area contributed by atoms with Crippen LogP contribution in [0.25, 0.3) is 0 Å². The van der Waals surface area contributed by atoms with Gasteiger partial charge in [-0.1, -0.05) is 38.3 Å². The zero-order valence-corrected chi connectivity index (χ0v) is 9.89. The lowest BCUT2D eigenvalue weighted by Gasteiger charge is -2.09. The summed E-state index contributed by atoms with van der Waals surface area (Å²) in [4.78, 5) is 0. The van der Waals surface area contributed by atoms with Crippen molar-refractivity contribution in [1.29, 1.82) is 0 Å². The van der Waals surface area contributed by atoms with Gasteiger partial charge in [-0.05, 0) is 30.5 Å². The van der Waals surface area contributed by atoms with Gasteiger partial charge in [-0.15, -0.1) is 13.2 Å². The van der Waals surface area contributed by atoms with E-state index in [2.05, 4.69) is 11.7 Å². The van der Waals surface area contributed by atoms with Crippen molar-refractivity contribution in [2.24, 2.45) is 0 Å². The fourth-order valence-electron chi connectivity index (χ4n) is 1.65. The minimum atomic E-state index is -4.61. The van der Waals surface area contributed by atoms with Gasteiger partial charge in [-0.2, -0.15) is 0 Å². The van der Waals surface area contributed by atoms with Gasteiger partial charge in [0, 0.05) is 0 Å². The summed E-state index contributed by atoms with van der Waals surface area (Å²) >= 11 is 0. The summed E-state index contributed by atoms with van der Waals surface area (Å²) in [5.41, 5.74) is 0.892. The fraction of sp³-hybridized carbons (Fsp3) is 0.538. The molecule has 0 aliphatic carbocycles. The van der Waals surface area contributed by atoms with Crippen molar-refractivity contribution in [2.45, 2.75) is 45.4 Å². The van der Waals surface area contributed by atoms with E-state index in [9.17, 15) is 13.2 Å². The highest BCUT2D eigenvalue weighted by molar-refractivity contribution is 5.28. The Bertz CT molecular complexity index is 334. The Labute approximate surface area is 99.6 Å². The molecular formula is C13H17F3O. The molecule has 1 aromatic rings. The van der Waals surface area contributed by atoms with E-state index < -0.39 is 6.36 Å². The van der Waals surface area contributed by atoms with Crippen LogP contribution in [0.5, 0.6) is 5.75 Å². The topological polar surface area (TPSA) is 9.23 Å². The van der Waals surface area contributed by atoms with Crippen LogP contribution in [0.4, 0.5) is 13.2 Å². The molecule has 0 atom stereocenters. The van der Waals surface area contributed by atoms with Crippen LogP contribution in [-0.2, 0) is 6.42 Å². The van der Waals surface area contributed by atoms with Crippen LogP contribution in [0.2, 0.25) is 0 Å². The van der Waals surface area contributed by atoms with Gasteiger partial charge < -0.3 is 4.74 Å². The van der Waals surface area contributed by atoms with E-state index in [0.717, 1.165) is 31.2 Å². The predicted octanol–water partition coefficient (Wildman–Crippen LogP) is 4.71. The predicted molar refractivity (Wildman–Crippen MR) is 61.0 cm³/mol. The third-order valence-electron chi connectivity index (χ3n) is 2.45. The highest BCUT2D eigenvalue weighted by Gasteiger charge is 2.30. The van der Waals surface area contributed by atoms with Crippen LogP contribution >= 0.6 is 0 Å². The molecule has 96 valence electrons. The lowest BCUT2D eigenvalue weighted by atomic mass is 10.1. The fourth-order valence-corrected chi connectivity index (χ4v) is 1.65. The molecule has 0 bridgehead atoms. The average molecular weight is 246 g/mol. The lowest BCUT2D eigenvalue weighted by molar-refractivity contribution is -0.274. The number of hydrogen-bond donors (Lipinski definition) is 0. The molecule has 17 heavy (non-hydrogen) atoms. The maximum Gasteiger partial charge on any atom is 0.573 e. The second-order valence-corrected chi connectivity index (χ2v) is 4.01. The molecule has 4 heteroatoms. The number of hydrogen-bond acceptors (Lipinski definition) is 1. The zero-order chi connectivity index (χ0) is 12.7. The summed E-state index contributed by atoms with van der Waals surface area (Å²) in [6, 6.07) is 6.20. The minimum Gasteiger partial charge on any atom is -0.406 e. The van der Waals surface area contributed by atoms with Crippen LogP contribution in [0.1, 0.15) is 38.2 Å². The minimum absolute atomic E-state index is 0.134. The van der Waals surface area contributed by atoms with Crippen molar-refractivity contribution >= 4 is 0 Å². The van der Waals surface area contributed by atoms with Gasteiger partial charge in [0.2, 0.25) is 0 Å². The number of benzene rings is 1. The number of ether oxygens (including phenoxy) is 1. The molecule has 0 saturated carbocycles. The molecule has 0 fully saturated rings. The monoisotopic (exact) mass is 246 g/mol. The second kappa shape index (κ2) is 6.52. The van der Waals surface area contributed by atoms with Crippen LogP contribution in [0.15, 0.2) is 24.3 Å². The molecule has 1 rings (SSSR count). The third-order valence-corrected chi connectivity index (χ3v) is 2.45. The first-order chi connectivity index (χ1) is 8.01. The molecule has 0 aliphatic rings.